The van der Waals surface area contributed by atoms with Crippen molar-refractivity contribution in [1.82, 2.24) is 15.1 Å². The SMILES string of the molecule is CCNC(Cc1c(Cl)c(C)nn1C)C(F)(F)F. The van der Waals surface area contributed by atoms with Gasteiger partial charge in [0.15, 0.2) is 0 Å². The third kappa shape index (κ3) is 3.35. The van der Waals surface area contributed by atoms with Crippen LogP contribution in [0.1, 0.15) is 18.3 Å². The molecule has 7 heteroatoms. The van der Waals surface area contributed by atoms with Gasteiger partial charge in [-0.05, 0) is 13.5 Å². The Kier molecular flexibility index (Phi) is 4.43. The lowest BCUT2D eigenvalue weighted by atomic mass is 10.1. The molecule has 1 atom stereocenters. The number of aromatic nitrogens is 2. The molecule has 0 radical (unpaired) electrons. The lowest BCUT2D eigenvalue weighted by Crippen LogP contribution is -2.44. The predicted molar refractivity (Wildman–Crippen MR) is 60.2 cm³/mol. The molecule has 0 amide bonds. The van der Waals surface area contributed by atoms with E-state index in [1.54, 1.807) is 20.9 Å². The molecule has 3 nitrogen and oxygen atoms in total. The molecule has 1 aromatic rings. The molecule has 1 rings (SSSR count). The first-order valence-electron chi connectivity index (χ1n) is 5.25. The van der Waals surface area contributed by atoms with E-state index in [0.717, 1.165) is 0 Å². The largest absolute Gasteiger partial charge is 0.404 e. The van der Waals surface area contributed by atoms with E-state index in [-0.39, 0.29) is 13.0 Å². The van der Waals surface area contributed by atoms with Crippen molar-refractivity contribution in [2.24, 2.45) is 7.05 Å². The van der Waals surface area contributed by atoms with Crippen LogP contribution in [0.15, 0.2) is 0 Å². The van der Waals surface area contributed by atoms with Crippen LogP contribution in [-0.4, -0.2) is 28.5 Å². The van der Waals surface area contributed by atoms with Crippen molar-refractivity contribution in [3.05, 3.63) is 16.4 Å². The monoisotopic (exact) mass is 269 g/mol. The molecule has 0 aromatic carbocycles. The number of alkyl halides is 3. The van der Waals surface area contributed by atoms with Gasteiger partial charge in [0.1, 0.15) is 6.04 Å². The molecule has 1 heterocycles. The first-order valence-corrected chi connectivity index (χ1v) is 5.63. The predicted octanol–water partition coefficient (Wildman–Crippen LogP) is 2.46. The molecule has 1 aromatic heterocycles. The minimum Gasteiger partial charge on any atom is -0.306 e. The summed E-state index contributed by atoms with van der Waals surface area (Å²) >= 11 is 5.93. The Bertz CT molecular complexity index is 387. The van der Waals surface area contributed by atoms with Crippen molar-refractivity contribution in [2.45, 2.75) is 32.5 Å². The van der Waals surface area contributed by atoms with Gasteiger partial charge in [0.2, 0.25) is 0 Å². The quantitative estimate of drug-likeness (QED) is 0.910. The van der Waals surface area contributed by atoms with Crippen LogP contribution < -0.4 is 5.32 Å². The van der Waals surface area contributed by atoms with E-state index >= 15 is 0 Å². The maximum absolute atomic E-state index is 12.7. The van der Waals surface area contributed by atoms with Gasteiger partial charge in [-0.25, -0.2) is 0 Å². The Hall–Kier alpha value is -0.750. The normalized spacial score (nSPS) is 14.1. The number of nitrogens with zero attached hydrogens (tertiary/aromatic N) is 2. The Labute approximate surface area is 103 Å². The summed E-state index contributed by atoms with van der Waals surface area (Å²) in [6.45, 7) is 3.55. The number of likely N-dealkylation sites (N-methyl/N-ethyl adjacent to an activating group) is 1. The van der Waals surface area contributed by atoms with Crippen LogP contribution in [0.25, 0.3) is 0 Å². The van der Waals surface area contributed by atoms with Gasteiger partial charge in [0.05, 0.1) is 16.4 Å². The molecular weight excluding hydrogens is 255 g/mol. The summed E-state index contributed by atoms with van der Waals surface area (Å²) in [7, 11) is 1.59. The fraction of sp³-hybridized carbons (Fsp3) is 0.700. The zero-order chi connectivity index (χ0) is 13.2. The van der Waals surface area contributed by atoms with Gasteiger partial charge < -0.3 is 5.32 Å². The van der Waals surface area contributed by atoms with Gasteiger partial charge in [0, 0.05) is 13.5 Å². The average Bonchev–Trinajstić information content (AvgIpc) is 2.42. The van der Waals surface area contributed by atoms with Crippen molar-refractivity contribution in [3.63, 3.8) is 0 Å². The molecule has 1 N–H and O–H groups in total. The number of halogens is 4. The highest BCUT2D eigenvalue weighted by Gasteiger charge is 2.39. The van der Waals surface area contributed by atoms with E-state index in [1.165, 1.54) is 4.68 Å². The van der Waals surface area contributed by atoms with Crippen LogP contribution >= 0.6 is 11.6 Å². The van der Waals surface area contributed by atoms with Crippen LogP contribution in [0.5, 0.6) is 0 Å². The van der Waals surface area contributed by atoms with E-state index in [2.05, 4.69) is 10.4 Å². The summed E-state index contributed by atoms with van der Waals surface area (Å²) in [6, 6.07) is -1.60. The fourth-order valence-electron chi connectivity index (χ4n) is 1.65. The first kappa shape index (κ1) is 14.3. The molecule has 0 bridgehead atoms. The smallest absolute Gasteiger partial charge is 0.306 e. The molecule has 0 aliphatic carbocycles. The summed E-state index contributed by atoms with van der Waals surface area (Å²) < 4.78 is 39.6. The van der Waals surface area contributed by atoms with Crippen molar-refractivity contribution >= 4 is 11.6 Å². The number of hydrogen-bond acceptors (Lipinski definition) is 2. The van der Waals surface area contributed by atoms with E-state index in [1.807, 2.05) is 0 Å². The van der Waals surface area contributed by atoms with Crippen LogP contribution in [0.2, 0.25) is 5.02 Å². The Morgan fingerprint density at radius 1 is 1.47 bits per heavy atom. The molecule has 0 aliphatic rings. The van der Waals surface area contributed by atoms with Crippen molar-refractivity contribution in [3.8, 4) is 0 Å². The number of aryl methyl sites for hydroxylation is 2. The van der Waals surface area contributed by atoms with Crippen molar-refractivity contribution < 1.29 is 13.2 Å². The summed E-state index contributed by atoms with van der Waals surface area (Å²) in [5.74, 6) is 0. The van der Waals surface area contributed by atoms with Crippen molar-refractivity contribution in [2.75, 3.05) is 6.54 Å². The second-order valence-corrected chi connectivity index (χ2v) is 4.20. The van der Waals surface area contributed by atoms with E-state index in [0.29, 0.717) is 16.4 Å². The molecule has 0 spiro atoms. The standard InChI is InChI=1S/C10H15ClF3N3/c1-4-15-8(10(12,13)14)5-7-9(11)6(2)16-17(7)3/h8,15H,4-5H2,1-3H3. The minimum atomic E-state index is -4.29. The molecule has 0 saturated carbocycles. The van der Waals surface area contributed by atoms with Crippen LogP contribution in [0.3, 0.4) is 0 Å². The van der Waals surface area contributed by atoms with E-state index in [4.69, 9.17) is 11.6 Å². The third-order valence-electron chi connectivity index (χ3n) is 2.50. The maximum Gasteiger partial charge on any atom is 0.404 e. The van der Waals surface area contributed by atoms with Gasteiger partial charge in [-0.1, -0.05) is 18.5 Å². The van der Waals surface area contributed by atoms with E-state index < -0.39 is 12.2 Å². The Balaban J connectivity index is 2.94. The molecule has 98 valence electrons. The highest BCUT2D eigenvalue weighted by atomic mass is 35.5. The zero-order valence-corrected chi connectivity index (χ0v) is 10.7. The molecule has 0 aliphatic heterocycles. The van der Waals surface area contributed by atoms with Gasteiger partial charge >= 0.3 is 6.18 Å². The highest BCUT2D eigenvalue weighted by molar-refractivity contribution is 6.31. The molecular formula is C10H15ClF3N3. The summed E-state index contributed by atoms with van der Waals surface area (Å²) in [4.78, 5) is 0. The van der Waals surface area contributed by atoms with Crippen LogP contribution in [0.4, 0.5) is 13.2 Å². The summed E-state index contributed by atoms with van der Waals surface area (Å²) in [5, 5.41) is 6.71. The van der Waals surface area contributed by atoms with Gasteiger partial charge in [-0.3, -0.25) is 4.68 Å². The summed E-state index contributed by atoms with van der Waals surface area (Å²) in [6.07, 6.45) is -4.51. The lowest BCUT2D eigenvalue weighted by molar-refractivity contribution is -0.155. The fourth-order valence-corrected chi connectivity index (χ4v) is 1.88. The maximum atomic E-state index is 12.7. The molecule has 1 unspecified atom stereocenters. The second-order valence-electron chi connectivity index (χ2n) is 3.83. The Morgan fingerprint density at radius 3 is 2.41 bits per heavy atom. The topological polar surface area (TPSA) is 29.9 Å². The lowest BCUT2D eigenvalue weighted by Gasteiger charge is -2.21. The molecule has 17 heavy (non-hydrogen) atoms. The number of hydrogen-bond donors (Lipinski definition) is 1. The van der Waals surface area contributed by atoms with Crippen LogP contribution in [0, 0.1) is 6.92 Å². The zero-order valence-electron chi connectivity index (χ0n) is 9.90. The minimum absolute atomic E-state index is 0.215. The second kappa shape index (κ2) is 5.27. The Morgan fingerprint density at radius 2 is 2.06 bits per heavy atom. The number of nitrogens with one attached hydrogen (secondary N) is 1. The molecule has 0 fully saturated rings. The van der Waals surface area contributed by atoms with E-state index in [9.17, 15) is 13.2 Å². The third-order valence-corrected chi connectivity index (χ3v) is 3.00. The van der Waals surface area contributed by atoms with Crippen molar-refractivity contribution in [1.29, 1.82) is 0 Å². The molecule has 0 saturated heterocycles. The summed E-state index contributed by atoms with van der Waals surface area (Å²) in [5.41, 5.74) is 0.939. The van der Waals surface area contributed by atoms with Gasteiger partial charge in [-0.15, -0.1) is 0 Å². The number of rotatable bonds is 4. The highest BCUT2D eigenvalue weighted by Crippen LogP contribution is 2.27. The van der Waals surface area contributed by atoms with Crippen LogP contribution in [-0.2, 0) is 13.5 Å². The average molecular weight is 270 g/mol. The first-order chi connectivity index (χ1) is 7.77. The van der Waals surface area contributed by atoms with Gasteiger partial charge in [-0.2, -0.15) is 18.3 Å². The van der Waals surface area contributed by atoms with Gasteiger partial charge in [0.25, 0.3) is 0 Å².